The Balaban J connectivity index is 2.54. The molecule has 19 heavy (non-hydrogen) atoms. The molecule has 0 aliphatic carbocycles. The summed E-state index contributed by atoms with van der Waals surface area (Å²) in [6.45, 7) is 7.25. The van der Waals surface area contributed by atoms with Gasteiger partial charge < -0.3 is 14.5 Å². The number of furan rings is 1. The molecular weight excluding hydrogens is 259 g/mol. The first-order valence-electron chi connectivity index (χ1n) is 6.20. The van der Waals surface area contributed by atoms with Gasteiger partial charge in [0.2, 0.25) is 0 Å². The second-order valence-electron chi connectivity index (χ2n) is 4.82. The predicted molar refractivity (Wildman–Crippen MR) is 65.7 cm³/mol. The van der Waals surface area contributed by atoms with E-state index in [-0.39, 0.29) is 6.61 Å². The van der Waals surface area contributed by atoms with Crippen molar-refractivity contribution in [3.05, 3.63) is 23.2 Å². The SMILES string of the molecule is Cc1oc(COC(C)C(F)(F)F)cc1CNC(C)C. The molecule has 3 nitrogen and oxygen atoms in total. The molecule has 0 saturated carbocycles. The van der Waals surface area contributed by atoms with Crippen molar-refractivity contribution >= 4 is 0 Å². The van der Waals surface area contributed by atoms with E-state index >= 15 is 0 Å². The van der Waals surface area contributed by atoms with Crippen LogP contribution in [0.3, 0.4) is 0 Å². The van der Waals surface area contributed by atoms with Crippen LogP contribution < -0.4 is 5.32 Å². The lowest BCUT2D eigenvalue weighted by atomic mass is 10.2. The standard InChI is InChI=1S/C13H20F3NO2/c1-8(2)17-6-11-5-12(19-9(11)3)7-18-10(4)13(14,15)16/h5,8,10,17H,6-7H2,1-4H3. The third kappa shape index (κ3) is 5.24. The average Bonchev–Trinajstić information content (AvgIpc) is 2.62. The number of alkyl halides is 3. The highest BCUT2D eigenvalue weighted by Crippen LogP contribution is 2.24. The molecule has 0 spiro atoms. The summed E-state index contributed by atoms with van der Waals surface area (Å²) in [5.74, 6) is 1.11. The normalized spacial score (nSPS) is 14.1. The van der Waals surface area contributed by atoms with Crippen molar-refractivity contribution < 1.29 is 22.3 Å². The van der Waals surface area contributed by atoms with Gasteiger partial charge in [0, 0.05) is 18.2 Å². The molecule has 0 bridgehead atoms. The number of halogens is 3. The minimum atomic E-state index is -4.34. The Kier molecular flexibility index (Phi) is 5.43. The zero-order valence-electron chi connectivity index (χ0n) is 11.6. The van der Waals surface area contributed by atoms with Gasteiger partial charge in [-0.05, 0) is 19.9 Å². The summed E-state index contributed by atoms with van der Waals surface area (Å²) in [5, 5.41) is 3.22. The molecular formula is C13H20F3NO2. The van der Waals surface area contributed by atoms with Gasteiger partial charge in [0.25, 0.3) is 0 Å². The fourth-order valence-corrected chi connectivity index (χ4v) is 1.45. The summed E-state index contributed by atoms with van der Waals surface area (Å²) in [5.41, 5.74) is 0.937. The molecule has 1 N–H and O–H groups in total. The van der Waals surface area contributed by atoms with E-state index in [9.17, 15) is 13.2 Å². The van der Waals surface area contributed by atoms with Gasteiger partial charge in [-0.25, -0.2) is 0 Å². The Bertz CT molecular complexity index is 399. The molecule has 6 heteroatoms. The van der Waals surface area contributed by atoms with Crippen LogP contribution in [0.1, 0.15) is 37.9 Å². The summed E-state index contributed by atoms with van der Waals surface area (Å²) in [7, 11) is 0. The molecule has 1 aromatic rings. The van der Waals surface area contributed by atoms with Crippen LogP contribution in [0.2, 0.25) is 0 Å². The maximum atomic E-state index is 12.3. The van der Waals surface area contributed by atoms with Gasteiger partial charge in [-0.15, -0.1) is 0 Å². The first-order valence-corrected chi connectivity index (χ1v) is 6.20. The fourth-order valence-electron chi connectivity index (χ4n) is 1.45. The van der Waals surface area contributed by atoms with Gasteiger partial charge >= 0.3 is 6.18 Å². The van der Waals surface area contributed by atoms with E-state index < -0.39 is 12.3 Å². The first-order chi connectivity index (χ1) is 8.70. The highest BCUT2D eigenvalue weighted by Gasteiger charge is 2.37. The zero-order valence-corrected chi connectivity index (χ0v) is 11.6. The van der Waals surface area contributed by atoms with Gasteiger partial charge in [0.05, 0.1) is 0 Å². The summed E-state index contributed by atoms with van der Waals surface area (Å²) >= 11 is 0. The number of nitrogens with one attached hydrogen (secondary N) is 1. The summed E-state index contributed by atoms with van der Waals surface area (Å²) < 4.78 is 47.0. The Hall–Kier alpha value is -1.01. The summed E-state index contributed by atoms with van der Waals surface area (Å²) in [4.78, 5) is 0. The van der Waals surface area contributed by atoms with Crippen molar-refractivity contribution in [3.8, 4) is 0 Å². The molecule has 0 amide bonds. The van der Waals surface area contributed by atoms with Gasteiger partial charge in [0.15, 0.2) is 6.10 Å². The lowest BCUT2D eigenvalue weighted by molar-refractivity contribution is -0.218. The van der Waals surface area contributed by atoms with Crippen LogP contribution in [0.25, 0.3) is 0 Å². The van der Waals surface area contributed by atoms with Gasteiger partial charge in [-0.2, -0.15) is 13.2 Å². The van der Waals surface area contributed by atoms with E-state index in [0.717, 1.165) is 12.5 Å². The van der Waals surface area contributed by atoms with E-state index in [1.165, 1.54) is 0 Å². The van der Waals surface area contributed by atoms with E-state index in [4.69, 9.17) is 9.15 Å². The summed E-state index contributed by atoms with van der Waals surface area (Å²) in [6, 6.07) is 2.06. The van der Waals surface area contributed by atoms with Crippen molar-refractivity contribution in [2.75, 3.05) is 0 Å². The van der Waals surface area contributed by atoms with Gasteiger partial charge in [-0.3, -0.25) is 0 Å². The van der Waals surface area contributed by atoms with Crippen molar-refractivity contribution in [2.45, 2.75) is 59.2 Å². The molecule has 0 saturated heterocycles. The average molecular weight is 279 g/mol. The van der Waals surface area contributed by atoms with Crippen LogP contribution in [0.15, 0.2) is 10.5 Å². The van der Waals surface area contributed by atoms with E-state index in [0.29, 0.717) is 24.1 Å². The van der Waals surface area contributed by atoms with Crippen molar-refractivity contribution in [1.29, 1.82) is 0 Å². The number of hydrogen-bond donors (Lipinski definition) is 1. The Morgan fingerprint density at radius 3 is 2.47 bits per heavy atom. The molecule has 1 rings (SSSR count). The highest BCUT2D eigenvalue weighted by molar-refractivity contribution is 5.20. The molecule has 0 fully saturated rings. The number of ether oxygens (including phenoxy) is 1. The number of rotatable bonds is 6. The minimum Gasteiger partial charge on any atom is -0.464 e. The van der Waals surface area contributed by atoms with Crippen LogP contribution in [-0.4, -0.2) is 18.3 Å². The van der Waals surface area contributed by atoms with Crippen molar-refractivity contribution in [1.82, 2.24) is 5.32 Å². The molecule has 0 aromatic carbocycles. The van der Waals surface area contributed by atoms with Gasteiger partial charge in [-0.1, -0.05) is 13.8 Å². The molecule has 1 unspecified atom stereocenters. The van der Waals surface area contributed by atoms with Crippen LogP contribution in [0.5, 0.6) is 0 Å². The summed E-state index contributed by atoms with van der Waals surface area (Å²) in [6.07, 6.45) is -6.14. The largest absolute Gasteiger partial charge is 0.464 e. The zero-order chi connectivity index (χ0) is 14.6. The molecule has 0 aliphatic heterocycles. The number of aryl methyl sites for hydroxylation is 1. The second kappa shape index (κ2) is 6.43. The van der Waals surface area contributed by atoms with Gasteiger partial charge in [0.1, 0.15) is 18.1 Å². The second-order valence-corrected chi connectivity index (χ2v) is 4.82. The van der Waals surface area contributed by atoms with Crippen molar-refractivity contribution in [2.24, 2.45) is 0 Å². The molecule has 110 valence electrons. The molecule has 1 aromatic heterocycles. The van der Waals surface area contributed by atoms with Crippen LogP contribution in [0.4, 0.5) is 13.2 Å². The van der Waals surface area contributed by atoms with Crippen LogP contribution in [-0.2, 0) is 17.9 Å². The number of hydrogen-bond acceptors (Lipinski definition) is 3. The quantitative estimate of drug-likeness (QED) is 0.864. The molecule has 1 atom stereocenters. The topological polar surface area (TPSA) is 34.4 Å². The Morgan fingerprint density at radius 2 is 1.95 bits per heavy atom. The van der Waals surface area contributed by atoms with Crippen LogP contribution in [0, 0.1) is 6.92 Å². The third-order valence-electron chi connectivity index (χ3n) is 2.71. The maximum absolute atomic E-state index is 12.3. The predicted octanol–water partition coefficient (Wildman–Crippen LogP) is 3.55. The Morgan fingerprint density at radius 1 is 1.32 bits per heavy atom. The first kappa shape index (κ1) is 16.0. The molecule has 0 radical (unpaired) electrons. The lowest BCUT2D eigenvalue weighted by Gasteiger charge is -2.15. The maximum Gasteiger partial charge on any atom is 0.414 e. The third-order valence-corrected chi connectivity index (χ3v) is 2.71. The smallest absolute Gasteiger partial charge is 0.414 e. The Labute approximate surface area is 111 Å². The lowest BCUT2D eigenvalue weighted by Crippen LogP contribution is -2.28. The minimum absolute atomic E-state index is 0.177. The van der Waals surface area contributed by atoms with E-state index in [1.54, 1.807) is 13.0 Å². The molecule has 0 aliphatic rings. The van der Waals surface area contributed by atoms with E-state index in [1.807, 2.05) is 13.8 Å². The highest BCUT2D eigenvalue weighted by atomic mass is 19.4. The fraction of sp³-hybridized carbons (Fsp3) is 0.692. The van der Waals surface area contributed by atoms with Crippen LogP contribution >= 0.6 is 0 Å². The molecule has 1 heterocycles. The monoisotopic (exact) mass is 279 g/mol. The van der Waals surface area contributed by atoms with Crippen molar-refractivity contribution in [3.63, 3.8) is 0 Å². The van der Waals surface area contributed by atoms with E-state index in [2.05, 4.69) is 5.32 Å².